The van der Waals surface area contributed by atoms with E-state index in [0.29, 0.717) is 0 Å². The Labute approximate surface area is 155 Å². The van der Waals surface area contributed by atoms with Gasteiger partial charge in [-0.25, -0.2) is 0 Å². The van der Waals surface area contributed by atoms with Crippen LogP contribution in [0.1, 0.15) is 36.8 Å². The number of para-hydroxylation sites is 2. The Bertz CT molecular complexity index is 781. The van der Waals surface area contributed by atoms with Gasteiger partial charge in [0.2, 0.25) is 0 Å². The maximum atomic E-state index is 12.4. The number of anilines is 2. The zero-order valence-corrected chi connectivity index (χ0v) is 15.2. The molecule has 0 spiro atoms. The second-order valence-corrected chi connectivity index (χ2v) is 7.19. The summed E-state index contributed by atoms with van der Waals surface area (Å²) in [6.07, 6.45) is 7.20. The predicted octanol–water partition coefficient (Wildman–Crippen LogP) is 4.18. The summed E-state index contributed by atoms with van der Waals surface area (Å²) in [6, 6.07) is 14.2. The van der Waals surface area contributed by atoms with E-state index < -0.39 is 0 Å². The van der Waals surface area contributed by atoms with E-state index in [0.717, 1.165) is 43.1 Å². The molecule has 26 heavy (non-hydrogen) atoms. The number of ether oxygens (including phenoxy) is 1. The highest BCUT2D eigenvalue weighted by Crippen LogP contribution is 2.29. The average molecular weight is 350 g/mol. The molecule has 0 unspecified atom stereocenters. The summed E-state index contributed by atoms with van der Waals surface area (Å²) in [7, 11) is 0. The smallest absolute Gasteiger partial charge is 0.262 e. The number of rotatable bonds is 5. The largest absolute Gasteiger partial charge is 0.484 e. The van der Waals surface area contributed by atoms with E-state index in [4.69, 9.17) is 4.74 Å². The van der Waals surface area contributed by atoms with Gasteiger partial charge < -0.3 is 15.0 Å². The fraction of sp³-hybridized carbons (Fsp3) is 0.409. The number of benzene rings is 2. The van der Waals surface area contributed by atoms with Crippen LogP contribution < -0.4 is 15.0 Å². The van der Waals surface area contributed by atoms with Crippen LogP contribution in [0.3, 0.4) is 0 Å². The van der Waals surface area contributed by atoms with E-state index in [1.165, 1.54) is 36.8 Å². The molecule has 1 aliphatic carbocycles. The molecule has 4 rings (SSSR count). The van der Waals surface area contributed by atoms with Crippen molar-refractivity contribution in [1.82, 2.24) is 0 Å². The molecule has 0 aromatic heterocycles. The lowest BCUT2D eigenvalue weighted by atomic mass is 10.1. The molecule has 0 saturated carbocycles. The third-order valence-corrected chi connectivity index (χ3v) is 5.31. The van der Waals surface area contributed by atoms with Gasteiger partial charge in [0.25, 0.3) is 5.91 Å². The molecule has 1 N–H and O–H groups in total. The highest BCUT2D eigenvalue weighted by molar-refractivity contribution is 5.95. The molecule has 136 valence electrons. The van der Waals surface area contributed by atoms with Crippen LogP contribution in [-0.2, 0) is 17.6 Å². The number of aryl methyl sites for hydroxylation is 2. The quantitative estimate of drug-likeness (QED) is 0.879. The molecule has 1 heterocycles. The molecule has 0 atom stereocenters. The van der Waals surface area contributed by atoms with Gasteiger partial charge in [0.15, 0.2) is 6.61 Å². The van der Waals surface area contributed by atoms with Crippen molar-refractivity contribution >= 4 is 17.3 Å². The van der Waals surface area contributed by atoms with Gasteiger partial charge in [0.1, 0.15) is 5.75 Å². The van der Waals surface area contributed by atoms with Gasteiger partial charge >= 0.3 is 0 Å². The van der Waals surface area contributed by atoms with Crippen molar-refractivity contribution in [3.63, 3.8) is 0 Å². The number of hydrogen-bond acceptors (Lipinski definition) is 3. The van der Waals surface area contributed by atoms with Crippen LogP contribution in [0.25, 0.3) is 0 Å². The topological polar surface area (TPSA) is 41.6 Å². The van der Waals surface area contributed by atoms with Gasteiger partial charge in [-0.3, -0.25) is 4.79 Å². The maximum Gasteiger partial charge on any atom is 0.262 e. The minimum atomic E-state index is -0.116. The van der Waals surface area contributed by atoms with E-state index in [1.807, 2.05) is 24.3 Å². The normalized spacial score (nSPS) is 16.2. The van der Waals surface area contributed by atoms with Crippen LogP contribution in [-0.4, -0.2) is 25.6 Å². The molecule has 4 nitrogen and oxygen atoms in total. The lowest BCUT2D eigenvalue weighted by molar-refractivity contribution is -0.118. The minimum Gasteiger partial charge on any atom is -0.484 e. The number of amides is 1. The van der Waals surface area contributed by atoms with Crippen LogP contribution in [0, 0.1) is 0 Å². The van der Waals surface area contributed by atoms with E-state index >= 15 is 0 Å². The standard InChI is InChI=1S/C22H26N2O2/c25-22(16-26-19-12-11-17-7-6-8-18(17)15-19)23-20-9-2-3-10-21(20)24-13-4-1-5-14-24/h2-3,9-12,15H,1,4-8,13-14,16H2,(H,23,25). The third-order valence-electron chi connectivity index (χ3n) is 5.31. The van der Waals surface area contributed by atoms with Gasteiger partial charge in [-0.2, -0.15) is 0 Å². The first-order chi connectivity index (χ1) is 12.8. The Morgan fingerprint density at radius 3 is 2.65 bits per heavy atom. The Balaban J connectivity index is 1.37. The van der Waals surface area contributed by atoms with E-state index in [2.05, 4.69) is 28.4 Å². The number of hydrogen-bond donors (Lipinski definition) is 1. The molecular weight excluding hydrogens is 324 g/mol. The average Bonchev–Trinajstić information content (AvgIpc) is 3.15. The van der Waals surface area contributed by atoms with Crippen LogP contribution >= 0.6 is 0 Å². The van der Waals surface area contributed by atoms with Crippen LogP contribution in [0.15, 0.2) is 42.5 Å². The molecule has 1 saturated heterocycles. The summed E-state index contributed by atoms with van der Waals surface area (Å²) < 4.78 is 5.72. The Kier molecular flexibility index (Phi) is 5.09. The molecule has 1 fully saturated rings. The number of carbonyl (C=O) groups is 1. The monoisotopic (exact) mass is 350 g/mol. The molecule has 2 aromatic carbocycles. The number of carbonyl (C=O) groups excluding carboxylic acids is 1. The van der Waals surface area contributed by atoms with E-state index in [9.17, 15) is 4.79 Å². The predicted molar refractivity (Wildman–Crippen MR) is 105 cm³/mol. The molecule has 1 amide bonds. The fourth-order valence-electron chi connectivity index (χ4n) is 3.96. The van der Waals surface area contributed by atoms with Crippen LogP contribution in [0.2, 0.25) is 0 Å². The Hall–Kier alpha value is -2.49. The lowest BCUT2D eigenvalue weighted by Gasteiger charge is -2.30. The Morgan fingerprint density at radius 2 is 1.77 bits per heavy atom. The second kappa shape index (κ2) is 7.81. The number of nitrogens with zero attached hydrogens (tertiary/aromatic N) is 1. The maximum absolute atomic E-state index is 12.4. The highest BCUT2D eigenvalue weighted by Gasteiger charge is 2.16. The molecule has 2 aliphatic rings. The van der Waals surface area contributed by atoms with Crippen molar-refractivity contribution in [2.45, 2.75) is 38.5 Å². The number of nitrogens with one attached hydrogen (secondary N) is 1. The van der Waals surface area contributed by atoms with Crippen LogP contribution in [0.4, 0.5) is 11.4 Å². The molecule has 2 aromatic rings. The summed E-state index contributed by atoms with van der Waals surface area (Å²) in [4.78, 5) is 14.8. The summed E-state index contributed by atoms with van der Waals surface area (Å²) in [5.41, 5.74) is 4.76. The SMILES string of the molecule is O=C(COc1ccc2c(c1)CCC2)Nc1ccccc1N1CCCCC1. The number of fused-ring (bicyclic) bond motifs is 1. The summed E-state index contributed by atoms with van der Waals surface area (Å²) in [5.74, 6) is 0.667. The lowest BCUT2D eigenvalue weighted by Crippen LogP contribution is -2.30. The Morgan fingerprint density at radius 1 is 0.962 bits per heavy atom. The van der Waals surface area contributed by atoms with Crippen LogP contribution in [0.5, 0.6) is 5.75 Å². The summed E-state index contributed by atoms with van der Waals surface area (Å²) in [6.45, 7) is 2.14. The third kappa shape index (κ3) is 3.85. The van der Waals surface area contributed by atoms with Crippen molar-refractivity contribution in [1.29, 1.82) is 0 Å². The van der Waals surface area contributed by atoms with Crippen molar-refractivity contribution < 1.29 is 9.53 Å². The molecule has 4 heteroatoms. The zero-order chi connectivity index (χ0) is 17.8. The minimum absolute atomic E-state index is 0.0348. The van der Waals surface area contributed by atoms with Gasteiger partial charge in [-0.05, 0) is 73.9 Å². The molecule has 0 bridgehead atoms. The first-order valence-corrected chi connectivity index (χ1v) is 9.68. The molecular formula is C22H26N2O2. The summed E-state index contributed by atoms with van der Waals surface area (Å²) >= 11 is 0. The highest BCUT2D eigenvalue weighted by atomic mass is 16.5. The van der Waals surface area contributed by atoms with Crippen molar-refractivity contribution in [2.24, 2.45) is 0 Å². The summed E-state index contributed by atoms with van der Waals surface area (Å²) in [5, 5.41) is 3.02. The van der Waals surface area contributed by atoms with Crippen molar-refractivity contribution in [2.75, 3.05) is 29.9 Å². The van der Waals surface area contributed by atoms with Gasteiger partial charge in [0.05, 0.1) is 11.4 Å². The fourth-order valence-corrected chi connectivity index (χ4v) is 3.96. The van der Waals surface area contributed by atoms with Gasteiger partial charge in [0, 0.05) is 13.1 Å². The number of piperidine rings is 1. The second-order valence-electron chi connectivity index (χ2n) is 7.19. The molecule has 1 aliphatic heterocycles. The molecule has 0 radical (unpaired) electrons. The van der Waals surface area contributed by atoms with E-state index in [-0.39, 0.29) is 12.5 Å². The zero-order valence-electron chi connectivity index (χ0n) is 15.2. The van der Waals surface area contributed by atoms with E-state index in [1.54, 1.807) is 0 Å². The van der Waals surface area contributed by atoms with Crippen molar-refractivity contribution in [3.8, 4) is 5.75 Å². The van der Waals surface area contributed by atoms with Crippen molar-refractivity contribution in [3.05, 3.63) is 53.6 Å². The first kappa shape index (κ1) is 17.0. The van der Waals surface area contributed by atoms with Gasteiger partial charge in [-0.15, -0.1) is 0 Å². The van der Waals surface area contributed by atoms with Gasteiger partial charge in [-0.1, -0.05) is 18.2 Å². The first-order valence-electron chi connectivity index (χ1n) is 9.68.